The number of nitro groups is 1. The average Bonchev–Trinajstić information content (AvgIpc) is 3.44. The minimum Gasteiger partial charge on any atom is -0.462 e. The monoisotopic (exact) mass is 531 g/mol. The summed E-state index contributed by atoms with van der Waals surface area (Å²) in [5.74, 6) is -1.49. The van der Waals surface area contributed by atoms with Crippen LogP contribution in [-0.4, -0.2) is 50.1 Å². The van der Waals surface area contributed by atoms with E-state index in [2.05, 4.69) is 4.99 Å². The largest absolute Gasteiger partial charge is 0.462 e. The maximum atomic E-state index is 13.6. The summed E-state index contributed by atoms with van der Waals surface area (Å²) >= 11 is 0. The third kappa shape index (κ3) is 4.93. The number of hydrogen-bond acceptors (Lipinski definition) is 8. The van der Waals surface area contributed by atoms with E-state index in [9.17, 15) is 24.5 Å². The number of rotatable bonds is 6. The first kappa shape index (κ1) is 25.9. The summed E-state index contributed by atoms with van der Waals surface area (Å²) in [4.78, 5) is 59.5. The van der Waals surface area contributed by atoms with Crippen molar-refractivity contribution in [3.8, 4) is 0 Å². The zero-order chi connectivity index (χ0) is 27.7. The average molecular weight is 532 g/mol. The number of fused-ring (bicyclic) bond motifs is 2. The molecule has 1 atom stereocenters. The zero-order valence-corrected chi connectivity index (χ0v) is 21.3. The molecule has 4 aromatic rings. The van der Waals surface area contributed by atoms with E-state index in [1.807, 2.05) is 13.0 Å². The van der Waals surface area contributed by atoms with Gasteiger partial charge in [-0.05, 0) is 56.5 Å². The lowest BCUT2D eigenvalue weighted by Gasteiger charge is -2.18. The van der Waals surface area contributed by atoms with Gasteiger partial charge in [0.2, 0.25) is 0 Å². The van der Waals surface area contributed by atoms with Crippen LogP contribution in [0.1, 0.15) is 46.0 Å². The second-order valence-corrected chi connectivity index (χ2v) is 9.11. The highest BCUT2D eigenvalue weighted by molar-refractivity contribution is 5.97. The van der Waals surface area contributed by atoms with Crippen LogP contribution < -0.4 is 11.0 Å². The van der Waals surface area contributed by atoms with Crippen molar-refractivity contribution >= 4 is 34.2 Å². The summed E-state index contributed by atoms with van der Waals surface area (Å²) in [6, 6.07) is 9.90. The summed E-state index contributed by atoms with van der Waals surface area (Å²) in [6.07, 6.45) is 2.92. The van der Waals surface area contributed by atoms with Gasteiger partial charge in [-0.2, -0.15) is 4.99 Å². The Balaban J connectivity index is 1.83. The van der Waals surface area contributed by atoms with Crippen molar-refractivity contribution in [3.63, 3.8) is 0 Å². The molecule has 1 saturated heterocycles. The van der Waals surface area contributed by atoms with Crippen molar-refractivity contribution in [1.29, 1.82) is 0 Å². The van der Waals surface area contributed by atoms with Crippen LogP contribution in [0.2, 0.25) is 0 Å². The molecule has 0 aliphatic carbocycles. The molecule has 12 heteroatoms. The number of aromatic nitrogens is 3. The molecule has 1 fully saturated rings. The van der Waals surface area contributed by atoms with E-state index < -0.39 is 22.4 Å². The smallest absolute Gasteiger partial charge is 0.341 e. The number of carbonyl (C=O) groups is 2. The van der Waals surface area contributed by atoms with Crippen molar-refractivity contribution in [2.45, 2.75) is 39.3 Å². The van der Waals surface area contributed by atoms with Gasteiger partial charge in [-0.15, -0.1) is 0 Å². The Labute approximate surface area is 221 Å². The molecule has 4 heterocycles. The number of ether oxygens (including phenoxy) is 2. The lowest BCUT2D eigenvalue weighted by atomic mass is 10.1. The SMILES string of the molecule is CCOC(=O)c1cc2c(=O)n3cccc(C)c3nc2n(C[C@@H]2CCCO2)c1=NC(=O)c1ccc([N+](=O)[O-])cc1. The van der Waals surface area contributed by atoms with Gasteiger partial charge in [-0.25, -0.2) is 9.78 Å². The molecule has 1 aromatic carbocycles. The topological polar surface area (TPSA) is 147 Å². The number of carbonyl (C=O) groups excluding carboxylic acids is 2. The van der Waals surface area contributed by atoms with Gasteiger partial charge < -0.3 is 14.0 Å². The molecule has 39 heavy (non-hydrogen) atoms. The molecule has 0 unspecified atom stereocenters. The number of pyridine rings is 2. The number of aryl methyl sites for hydroxylation is 1. The number of hydrogen-bond donors (Lipinski definition) is 0. The van der Waals surface area contributed by atoms with E-state index in [1.54, 1.807) is 23.8 Å². The molecular weight excluding hydrogens is 506 g/mol. The molecule has 3 aromatic heterocycles. The summed E-state index contributed by atoms with van der Waals surface area (Å²) in [7, 11) is 0. The van der Waals surface area contributed by atoms with Gasteiger partial charge in [0.25, 0.3) is 17.2 Å². The Bertz CT molecular complexity index is 1750. The Morgan fingerprint density at radius 2 is 2.00 bits per heavy atom. The van der Waals surface area contributed by atoms with Crippen LogP contribution in [0.3, 0.4) is 0 Å². The fourth-order valence-electron chi connectivity index (χ4n) is 4.62. The predicted octanol–water partition coefficient (Wildman–Crippen LogP) is 2.96. The van der Waals surface area contributed by atoms with Gasteiger partial charge in [0, 0.05) is 30.5 Å². The van der Waals surface area contributed by atoms with Crippen molar-refractivity contribution in [2.24, 2.45) is 4.99 Å². The van der Waals surface area contributed by atoms with Crippen LogP contribution in [0.15, 0.2) is 58.4 Å². The highest BCUT2D eigenvalue weighted by Gasteiger charge is 2.24. The van der Waals surface area contributed by atoms with Crippen molar-refractivity contribution in [2.75, 3.05) is 13.2 Å². The van der Waals surface area contributed by atoms with Crippen molar-refractivity contribution in [1.82, 2.24) is 14.0 Å². The fraction of sp³-hybridized carbons (Fsp3) is 0.296. The molecular formula is C27H25N5O7. The second kappa shape index (κ2) is 10.6. The second-order valence-electron chi connectivity index (χ2n) is 9.11. The minimum absolute atomic E-state index is 0.0374. The number of non-ortho nitro benzene ring substituents is 1. The van der Waals surface area contributed by atoms with Crippen molar-refractivity contribution < 1.29 is 24.0 Å². The van der Waals surface area contributed by atoms with Crippen LogP contribution in [-0.2, 0) is 16.0 Å². The van der Waals surface area contributed by atoms with Crippen LogP contribution >= 0.6 is 0 Å². The van der Waals surface area contributed by atoms with Gasteiger partial charge in [0.1, 0.15) is 16.9 Å². The van der Waals surface area contributed by atoms with E-state index in [0.29, 0.717) is 12.3 Å². The Kier molecular flexibility index (Phi) is 7.03. The standard InChI is InChI=1S/C27H25N5O7/c1-3-38-27(35)21-14-20-23(28-22-16(2)6-4-12-30(22)26(20)34)31(15-19-7-5-13-39-19)24(21)29-25(33)17-8-10-18(11-9-17)32(36)37/h4,6,8-12,14,19H,3,5,7,13,15H2,1-2H3/t19-/m0/s1. The van der Waals surface area contributed by atoms with Gasteiger partial charge in [0.15, 0.2) is 5.49 Å². The normalized spacial score (nSPS) is 15.6. The molecule has 1 amide bonds. The molecule has 200 valence electrons. The lowest BCUT2D eigenvalue weighted by Crippen LogP contribution is -2.35. The van der Waals surface area contributed by atoms with E-state index in [4.69, 9.17) is 14.5 Å². The molecule has 12 nitrogen and oxygen atoms in total. The van der Waals surface area contributed by atoms with Crippen LogP contribution in [0.4, 0.5) is 5.69 Å². The van der Waals surface area contributed by atoms with E-state index in [0.717, 1.165) is 18.4 Å². The van der Waals surface area contributed by atoms with E-state index >= 15 is 0 Å². The summed E-state index contributed by atoms with van der Waals surface area (Å²) in [5, 5.41) is 11.2. The summed E-state index contributed by atoms with van der Waals surface area (Å²) < 4.78 is 14.1. The highest BCUT2D eigenvalue weighted by atomic mass is 16.6. The van der Waals surface area contributed by atoms with Crippen LogP contribution in [0.25, 0.3) is 16.7 Å². The molecule has 1 aliphatic heterocycles. The molecule has 0 spiro atoms. The van der Waals surface area contributed by atoms with Crippen LogP contribution in [0.5, 0.6) is 0 Å². The first-order valence-corrected chi connectivity index (χ1v) is 12.5. The maximum absolute atomic E-state index is 13.6. The number of nitro benzene ring substituents is 1. The highest BCUT2D eigenvalue weighted by Crippen LogP contribution is 2.19. The third-order valence-corrected chi connectivity index (χ3v) is 6.54. The molecule has 1 aliphatic rings. The van der Waals surface area contributed by atoms with E-state index in [1.165, 1.54) is 34.7 Å². The maximum Gasteiger partial charge on any atom is 0.341 e. The summed E-state index contributed by atoms with van der Waals surface area (Å²) in [6.45, 7) is 4.28. The number of esters is 1. The quantitative estimate of drug-likeness (QED) is 0.160. The van der Waals surface area contributed by atoms with E-state index in [-0.39, 0.29) is 52.6 Å². The minimum atomic E-state index is -0.760. The number of nitrogens with zero attached hydrogens (tertiary/aromatic N) is 5. The van der Waals surface area contributed by atoms with Gasteiger partial charge >= 0.3 is 5.97 Å². The molecule has 5 rings (SSSR count). The molecule has 0 saturated carbocycles. The van der Waals surface area contributed by atoms with Gasteiger partial charge in [-0.1, -0.05) is 6.07 Å². The van der Waals surface area contributed by atoms with Gasteiger partial charge in [0.05, 0.1) is 29.6 Å². The van der Waals surface area contributed by atoms with Crippen molar-refractivity contribution in [3.05, 3.63) is 91.3 Å². The number of amides is 1. The first-order chi connectivity index (χ1) is 18.8. The molecule has 0 bridgehead atoms. The van der Waals surface area contributed by atoms with Gasteiger partial charge in [-0.3, -0.25) is 24.1 Å². The number of benzene rings is 1. The first-order valence-electron chi connectivity index (χ1n) is 12.5. The zero-order valence-electron chi connectivity index (χ0n) is 21.3. The fourth-order valence-corrected chi connectivity index (χ4v) is 4.62. The molecule has 0 N–H and O–H groups in total. The Morgan fingerprint density at radius 3 is 2.67 bits per heavy atom. The summed E-state index contributed by atoms with van der Waals surface area (Å²) in [5.41, 5.74) is 0.828. The predicted molar refractivity (Wildman–Crippen MR) is 140 cm³/mol. The lowest BCUT2D eigenvalue weighted by molar-refractivity contribution is -0.384. The molecule has 0 radical (unpaired) electrons. The Morgan fingerprint density at radius 1 is 1.23 bits per heavy atom. The third-order valence-electron chi connectivity index (χ3n) is 6.54. The Hall–Kier alpha value is -4.71. The van der Waals surface area contributed by atoms with Crippen LogP contribution in [0, 0.1) is 17.0 Å².